The first kappa shape index (κ1) is 20.6. The van der Waals surface area contributed by atoms with E-state index in [-0.39, 0.29) is 5.96 Å². The molecule has 0 spiro atoms. The Morgan fingerprint density at radius 3 is 2.39 bits per heavy atom. The van der Waals surface area contributed by atoms with Gasteiger partial charge in [0.15, 0.2) is 12.2 Å². The van der Waals surface area contributed by atoms with Crippen LogP contribution in [0.4, 0.5) is 0 Å². The second kappa shape index (κ2) is 14.5. The number of hydrogen-bond donors (Lipinski definition) is 5. The highest BCUT2D eigenvalue weighted by atomic mass is 15.2. The van der Waals surface area contributed by atoms with E-state index in [1.165, 1.54) is 0 Å². The molecule has 0 fully saturated rings. The molecule has 0 aromatic heterocycles. The van der Waals surface area contributed by atoms with Gasteiger partial charge >= 0.3 is 0 Å². The molecule has 0 aromatic rings. The lowest BCUT2D eigenvalue weighted by molar-refractivity contribution is 0.615. The lowest BCUT2D eigenvalue weighted by Crippen LogP contribution is -2.36. The molecule has 0 amide bonds. The molecule has 0 atom stereocenters. The fraction of sp³-hybridized carbons (Fsp3) is 0.667. The molecule has 8 nitrogen and oxygen atoms in total. The summed E-state index contributed by atoms with van der Waals surface area (Å²) in [5.41, 5.74) is 11.2. The van der Waals surface area contributed by atoms with Crippen LogP contribution in [0.25, 0.3) is 0 Å². The molecule has 0 saturated heterocycles. The minimum Gasteiger partial charge on any atom is -0.372 e. The largest absolute Gasteiger partial charge is 0.372 e. The molecule has 0 rings (SSSR count). The number of nitrogens with two attached hydrogens (primary N) is 2. The third kappa shape index (κ3) is 14.3. The zero-order valence-electron chi connectivity index (χ0n) is 14.1. The Balaban J connectivity index is 3.54. The number of rotatable bonds is 12. The van der Waals surface area contributed by atoms with Crippen molar-refractivity contribution >= 4 is 11.9 Å². The predicted molar refractivity (Wildman–Crippen MR) is 95.4 cm³/mol. The van der Waals surface area contributed by atoms with E-state index in [1.807, 2.05) is 0 Å². The van der Waals surface area contributed by atoms with Gasteiger partial charge < -0.3 is 22.1 Å². The van der Waals surface area contributed by atoms with E-state index in [0.717, 1.165) is 51.6 Å². The lowest BCUT2D eigenvalue weighted by Gasteiger charge is -2.11. The first-order valence-corrected chi connectivity index (χ1v) is 8.04. The molecule has 130 valence electrons. The molecule has 0 aliphatic carbocycles. The summed E-state index contributed by atoms with van der Waals surface area (Å²) in [6.07, 6.45) is 7.99. The summed E-state index contributed by atoms with van der Waals surface area (Å²) < 4.78 is 0. The molecule has 0 aliphatic rings. The molecule has 0 saturated carbocycles. The van der Waals surface area contributed by atoms with Crippen LogP contribution in [0.2, 0.25) is 0 Å². The fourth-order valence-electron chi connectivity index (χ4n) is 1.72. The first-order chi connectivity index (χ1) is 11.1. The third-order valence-electron chi connectivity index (χ3n) is 2.96. The van der Waals surface area contributed by atoms with Crippen molar-refractivity contribution < 1.29 is 0 Å². The molecule has 0 heterocycles. The molecule has 0 aromatic carbocycles. The second-order valence-corrected chi connectivity index (χ2v) is 5.07. The Morgan fingerprint density at radius 2 is 1.70 bits per heavy atom. The van der Waals surface area contributed by atoms with Gasteiger partial charge in [0.2, 0.25) is 5.96 Å². The number of hydrogen-bond acceptors (Lipinski definition) is 4. The van der Waals surface area contributed by atoms with Gasteiger partial charge in [-0.3, -0.25) is 15.3 Å². The van der Waals surface area contributed by atoms with E-state index in [0.29, 0.717) is 18.3 Å². The Hall–Kier alpha value is -2.43. The van der Waals surface area contributed by atoms with E-state index in [9.17, 15) is 0 Å². The number of aliphatic imine (C=N–C) groups is 2. The van der Waals surface area contributed by atoms with Crippen LogP contribution >= 0.6 is 0 Å². The number of nitrogens with zero attached hydrogens (tertiary/aromatic N) is 3. The van der Waals surface area contributed by atoms with Gasteiger partial charge in [-0.15, -0.1) is 0 Å². The van der Waals surface area contributed by atoms with Gasteiger partial charge in [0.05, 0.1) is 5.82 Å². The molecule has 8 heteroatoms. The molecule has 23 heavy (non-hydrogen) atoms. The van der Waals surface area contributed by atoms with Crippen LogP contribution in [0.5, 0.6) is 0 Å². The highest BCUT2D eigenvalue weighted by Crippen LogP contribution is 1.99. The van der Waals surface area contributed by atoms with Crippen molar-refractivity contribution in [3.05, 3.63) is 12.4 Å². The van der Waals surface area contributed by atoms with Crippen molar-refractivity contribution in [2.75, 3.05) is 19.6 Å². The van der Waals surface area contributed by atoms with Crippen molar-refractivity contribution in [1.29, 1.82) is 5.26 Å². The summed E-state index contributed by atoms with van der Waals surface area (Å²) in [5.74, 6) is 1.25. The quantitative estimate of drug-likeness (QED) is 0.118. The Bertz CT molecular complexity index is 422. The standard InChI is InChI=1S/C15H30N8/c1-3-4-9-21-15(18)23-13(2)19-10-7-5-6-8-11-20-14(17)22-12-16/h19H,2-11H2,1H3,(H3,17,20,22)(H3,18,21,23). The number of unbranched alkanes of at least 4 members (excludes halogenated alkanes) is 4. The van der Waals surface area contributed by atoms with Gasteiger partial charge in [-0.1, -0.05) is 32.8 Å². The van der Waals surface area contributed by atoms with Crippen molar-refractivity contribution in [3.8, 4) is 6.19 Å². The van der Waals surface area contributed by atoms with Crippen LogP contribution in [-0.2, 0) is 0 Å². The van der Waals surface area contributed by atoms with Crippen LogP contribution in [-0.4, -0.2) is 31.6 Å². The molecule has 7 N–H and O–H groups in total. The minimum absolute atomic E-state index is 0.176. The molecule has 0 radical (unpaired) electrons. The van der Waals surface area contributed by atoms with Crippen molar-refractivity contribution in [3.63, 3.8) is 0 Å². The molecule has 0 unspecified atom stereocenters. The Kier molecular flexibility index (Phi) is 13.0. The van der Waals surface area contributed by atoms with Crippen LogP contribution in [0.1, 0.15) is 45.4 Å². The van der Waals surface area contributed by atoms with E-state index in [1.54, 1.807) is 6.19 Å². The summed E-state index contributed by atoms with van der Waals surface area (Å²) in [6.45, 7) is 8.17. The van der Waals surface area contributed by atoms with Gasteiger partial charge in [-0.05, 0) is 19.3 Å². The highest BCUT2D eigenvalue weighted by Gasteiger charge is 1.96. The Labute approximate surface area is 139 Å². The maximum absolute atomic E-state index is 8.33. The van der Waals surface area contributed by atoms with Crippen molar-refractivity contribution in [1.82, 2.24) is 16.0 Å². The van der Waals surface area contributed by atoms with Crippen LogP contribution in [0.15, 0.2) is 22.4 Å². The molecule has 0 aliphatic heterocycles. The van der Waals surface area contributed by atoms with E-state index < -0.39 is 0 Å². The Morgan fingerprint density at radius 1 is 1.04 bits per heavy atom. The van der Waals surface area contributed by atoms with Crippen LogP contribution < -0.4 is 27.4 Å². The average Bonchev–Trinajstić information content (AvgIpc) is 2.50. The van der Waals surface area contributed by atoms with Crippen LogP contribution in [0, 0.1) is 11.5 Å². The monoisotopic (exact) mass is 322 g/mol. The SMILES string of the molecule is C=C(NCCCCCCN=C(N)NC#N)NC(N)=NCCCC. The van der Waals surface area contributed by atoms with Gasteiger partial charge in [0.1, 0.15) is 0 Å². The smallest absolute Gasteiger partial charge is 0.202 e. The summed E-state index contributed by atoms with van der Waals surface area (Å²) in [5, 5.41) is 16.7. The summed E-state index contributed by atoms with van der Waals surface area (Å²) >= 11 is 0. The van der Waals surface area contributed by atoms with Gasteiger partial charge in [-0.25, -0.2) is 0 Å². The highest BCUT2D eigenvalue weighted by molar-refractivity contribution is 5.79. The zero-order chi connectivity index (χ0) is 17.3. The number of nitriles is 1. The molecular weight excluding hydrogens is 292 g/mol. The van der Waals surface area contributed by atoms with Gasteiger partial charge in [-0.2, -0.15) is 5.26 Å². The van der Waals surface area contributed by atoms with E-state index >= 15 is 0 Å². The third-order valence-corrected chi connectivity index (χ3v) is 2.96. The summed E-state index contributed by atoms with van der Waals surface area (Å²) in [6, 6.07) is 0. The van der Waals surface area contributed by atoms with Crippen molar-refractivity contribution in [2.24, 2.45) is 21.5 Å². The number of guanidine groups is 2. The molecule has 0 bridgehead atoms. The molecular formula is C15H30N8. The van der Waals surface area contributed by atoms with Gasteiger partial charge in [0, 0.05) is 19.6 Å². The van der Waals surface area contributed by atoms with Crippen LogP contribution in [0.3, 0.4) is 0 Å². The van der Waals surface area contributed by atoms with E-state index in [2.05, 4.69) is 39.4 Å². The lowest BCUT2D eigenvalue weighted by atomic mass is 10.2. The fourth-order valence-corrected chi connectivity index (χ4v) is 1.72. The van der Waals surface area contributed by atoms with Crippen molar-refractivity contribution in [2.45, 2.75) is 45.4 Å². The first-order valence-electron chi connectivity index (χ1n) is 8.04. The minimum atomic E-state index is 0.176. The normalized spacial score (nSPS) is 11.7. The van der Waals surface area contributed by atoms with Gasteiger partial charge in [0.25, 0.3) is 0 Å². The summed E-state index contributed by atoms with van der Waals surface area (Å²) in [4.78, 5) is 8.21. The maximum Gasteiger partial charge on any atom is 0.202 e. The number of nitrogens with one attached hydrogen (secondary N) is 3. The predicted octanol–water partition coefficient (Wildman–Crippen LogP) is 0.697. The second-order valence-electron chi connectivity index (χ2n) is 5.07. The zero-order valence-corrected chi connectivity index (χ0v) is 14.1. The topological polar surface area (TPSA) is 137 Å². The average molecular weight is 322 g/mol. The summed E-state index contributed by atoms with van der Waals surface area (Å²) in [7, 11) is 0. The maximum atomic E-state index is 8.33. The van der Waals surface area contributed by atoms with E-state index in [4.69, 9.17) is 16.7 Å².